The quantitative estimate of drug-likeness (QED) is 0.905. The van der Waals surface area contributed by atoms with Crippen LogP contribution in [0.4, 0.5) is 5.69 Å². The lowest BCUT2D eigenvalue weighted by molar-refractivity contribution is 0.132. The maximum atomic E-state index is 5.11. The van der Waals surface area contributed by atoms with E-state index in [2.05, 4.69) is 37.2 Å². The predicted molar refractivity (Wildman–Crippen MR) is 76.9 cm³/mol. The molecule has 0 bridgehead atoms. The predicted octanol–water partition coefficient (Wildman–Crippen LogP) is 2.37. The zero-order chi connectivity index (χ0) is 12.8. The zero-order valence-electron chi connectivity index (χ0n) is 10.7. The summed E-state index contributed by atoms with van der Waals surface area (Å²) in [5, 5.41) is 3.55. The van der Waals surface area contributed by atoms with Crippen LogP contribution >= 0.6 is 15.9 Å². The number of nitrogens with one attached hydrogen (secondary N) is 1. The highest BCUT2D eigenvalue weighted by Gasteiger charge is 2.18. The van der Waals surface area contributed by atoms with E-state index in [-0.39, 0.29) is 0 Å². The molecule has 0 unspecified atom stereocenters. The van der Waals surface area contributed by atoms with Crippen LogP contribution in [0.5, 0.6) is 0 Å². The van der Waals surface area contributed by atoms with Gasteiger partial charge in [-0.25, -0.2) is 0 Å². The second-order valence-corrected chi connectivity index (χ2v) is 5.56. The first-order valence-corrected chi connectivity index (χ1v) is 7.15. The molecule has 1 aromatic rings. The van der Waals surface area contributed by atoms with E-state index in [1.807, 2.05) is 6.20 Å². The topological polar surface area (TPSA) is 37.4 Å². The Balaban J connectivity index is 1.76. The van der Waals surface area contributed by atoms with E-state index in [9.17, 15) is 0 Å². The summed E-state index contributed by atoms with van der Waals surface area (Å²) in [6, 6.07) is 2.63. The van der Waals surface area contributed by atoms with Gasteiger partial charge in [0.25, 0.3) is 0 Å². The van der Waals surface area contributed by atoms with E-state index in [4.69, 9.17) is 4.74 Å². The van der Waals surface area contributed by atoms with Crippen LogP contribution in [0.15, 0.2) is 22.9 Å². The molecule has 4 nitrogen and oxygen atoms in total. The molecule has 0 atom stereocenters. The first kappa shape index (κ1) is 13.8. The van der Waals surface area contributed by atoms with Crippen LogP contribution in [-0.2, 0) is 4.74 Å². The highest BCUT2D eigenvalue weighted by molar-refractivity contribution is 9.10. The summed E-state index contributed by atoms with van der Waals surface area (Å²) in [5.74, 6) is 0. The van der Waals surface area contributed by atoms with Crippen LogP contribution in [0.1, 0.15) is 12.8 Å². The molecule has 1 aliphatic heterocycles. The van der Waals surface area contributed by atoms with Gasteiger partial charge < -0.3 is 15.0 Å². The molecule has 100 valence electrons. The Morgan fingerprint density at radius 3 is 2.89 bits per heavy atom. The van der Waals surface area contributed by atoms with Crippen molar-refractivity contribution in [2.75, 3.05) is 38.7 Å². The Morgan fingerprint density at radius 1 is 1.44 bits per heavy atom. The third-order valence-electron chi connectivity index (χ3n) is 3.27. The smallest absolute Gasteiger partial charge is 0.0589 e. The normalized spacial score (nSPS) is 17.9. The molecular weight excluding hydrogens is 294 g/mol. The molecule has 0 radical (unpaired) electrons. The number of hydrogen-bond acceptors (Lipinski definition) is 4. The average molecular weight is 314 g/mol. The Labute approximate surface area is 117 Å². The Morgan fingerprint density at radius 2 is 2.22 bits per heavy atom. The molecule has 0 amide bonds. The van der Waals surface area contributed by atoms with Crippen LogP contribution in [0.3, 0.4) is 0 Å². The van der Waals surface area contributed by atoms with E-state index in [0.717, 1.165) is 36.4 Å². The molecule has 1 saturated heterocycles. The van der Waals surface area contributed by atoms with Crippen LogP contribution in [-0.4, -0.2) is 49.3 Å². The summed E-state index contributed by atoms with van der Waals surface area (Å²) >= 11 is 3.44. The lowest BCUT2D eigenvalue weighted by atomic mass is 10.0. The molecule has 0 spiro atoms. The molecule has 0 aromatic carbocycles. The van der Waals surface area contributed by atoms with Crippen LogP contribution in [0.2, 0.25) is 0 Å². The summed E-state index contributed by atoms with van der Waals surface area (Å²) in [4.78, 5) is 6.63. The number of aromatic nitrogens is 1. The van der Waals surface area contributed by atoms with Gasteiger partial charge in [0, 0.05) is 43.5 Å². The van der Waals surface area contributed by atoms with Gasteiger partial charge in [-0.05, 0) is 34.8 Å². The first-order chi connectivity index (χ1) is 8.78. The van der Waals surface area contributed by atoms with Gasteiger partial charge in [0.2, 0.25) is 0 Å². The molecule has 0 aliphatic carbocycles. The zero-order valence-corrected chi connectivity index (χ0v) is 12.3. The van der Waals surface area contributed by atoms with E-state index in [1.165, 1.54) is 12.8 Å². The molecule has 5 heteroatoms. The van der Waals surface area contributed by atoms with Gasteiger partial charge in [-0.15, -0.1) is 0 Å². The average Bonchev–Trinajstić information content (AvgIpc) is 2.38. The van der Waals surface area contributed by atoms with E-state index in [1.54, 1.807) is 13.3 Å². The largest absolute Gasteiger partial charge is 0.383 e. The SMILES string of the molecule is COCCN1CCC(Nc2cncc(Br)c2)CC1. The number of methoxy groups -OCH3 is 1. The Bertz CT molecular complexity index is 367. The van der Waals surface area contributed by atoms with Gasteiger partial charge in [0.05, 0.1) is 18.5 Å². The Kier molecular flexibility index (Phi) is 5.41. The second-order valence-electron chi connectivity index (χ2n) is 4.64. The Hall–Kier alpha value is -0.650. The number of likely N-dealkylation sites (tertiary alicyclic amines) is 1. The van der Waals surface area contributed by atoms with Crippen molar-refractivity contribution >= 4 is 21.6 Å². The number of pyridine rings is 1. The third kappa shape index (κ3) is 4.23. The van der Waals surface area contributed by atoms with E-state index >= 15 is 0 Å². The monoisotopic (exact) mass is 313 g/mol. The number of nitrogens with zero attached hydrogens (tertiary/aromatic N) is 2. The minimum atomic E-state index is 0.555. The van der Waals surface area contributed by atoms with E-state index < -0.39 is 0 Å². The number of piperidine rings is 1. The minimum absolute atomic E-state index is 0.555. The number of ether oxygens (including phenoxy) is 1. The van der Waals surface area contributed by atoms with Crippen molar-refractivity contribution in [2.45, 2.75) is 18.9 Å². The van der Waals surface area contributed by atoms with Gasteiger partial charge in [0.1, 0.15) is 0 Å². The lowest BCUT2D eigenvalue weighted by Gasteiger charge is -2.32. The van der Waals surface area contributed by atoms with Crippen molar-refractivity contribution in [2.24, 2.45) is 0 Å². The second kappa shape index (κ2) is 7.07. The van der Waals surface area contributed by atoms with Crippen LogP contribution < -0.4 is 5.32 Å². The van der Waals surface area contributed by atoms with Gasteiger partial charge in [-0.3, -0.25) is 4.98 Å². The first-order valence-electron chi connectivity index (χ1n) is 6.36. The van der Waals surface area contributed by atoms with Crippen molar-refractivity contribution in [1.29, 1.82) is 0 Å². The summed E-state index contributed by atoms with van der Waals surface area (Å²) in [6.07, 6.45) is 6.03. The number of hydrogen-bond donors (Lipinski definition) is 1. The van der Waals surface area contributed by atoms with Crippen LogP contribution in [0.25, 0.3) is 0 Å². The molecule has 18 heavy (non-hydrogen) atoms. The summed E-state index contributed by atoms with van der Waals surface area (Å²) in [5.41, 5.74) is 1.10. The van der Waals surface area contributed by atoms with Crippen LogP contribution in [0, 0.1) is 0 Å². The van der Waals surface area contributed by atoms with Gasteiger partial charge >= 0.3 is 0 Å². The number of rotatable bonds is 5. The van der Waals surface area contributed by atoms with Crippen molar-refractivity contribution in [3.8, 4) is 0 Å². The van der Waals surface area contributed by atoms with Crippen molar-refractivity contribution in [3.05, 3.63) is 22.9 Å². The highest BCUT2D eigenvalue weighted by Crippen LogP contribution is 2.18. The minimum Gasteiger partial charge on any atom is -0.383 e. The fraction of sp³-hybridized carbons (Fsp3) is 0.615. The standard InChI is InChI=1S/C13H20BrN3O/c1-18-7-6-17-4-2-12(3-5-17)16-13-8-11(14)9-15-10-13/h8-10,12,16H,2-7H2,1H3. The summed E-state index contributed by atoms with van der Waals surface area (Å²) in [6.45, 7) is 4.15. The number of anilines is 1. The molecule has 2 rings (SSSR count). The summed E-state index contributed by atoms with van der Waals surface area (Å²) in [7, 11) is 1.76. The van der Waals surface area contributed by atoms with Gasteiger partial charge in [-0.1, -0.05) is 0 Å². The fourth-order valence-corrected chi connectivity index (χ4v) is 2.61. The van der Waals surface area contributed by atoms with Crippen molar-refractivity contribution in [1.82, 2.24) is 9.88 Å². The molecule has 1 N–H and O–H groups in total. The molecule has 0 saturated carbocycles. The maximum absolute atomic E-state index is 5.11. The third-order valence-corrected chi connectivity index (χ3v) is 3.71. The molecule has 1 aromatic heterocycles. The van der Waals surface area contributed by atoms with Gasteiger partial charge in [0.15, 0.2) is 0 Å². The summed E-state index contributed by atoms with van der Waals surface area (Å²) < 4.78 is 6.13. The van der Waals surface area contributed by atoms with Crippen molar-refractivity contribution in [3.63, 3.8) is 0 Å². The van der Waals surface area contributed by atoms with E-state index in [0.29, 0.717) is 6.04 Å². The molecular formula is C13H20BrN3O. The number of halogens is 1. The molecule has 1 aliphatic rings. The highest BCUT2D eigenvalue weighted by atomic mass is 79.9. The lowest BCUT2D eigenvalue weighted by Crippen LogP contribution is -2.40. The van der Waals surface area contributed by atoms with Gasteiger partial charge in [-0.2, -0.15) is 0 Å². The van der Waals surface area contributed by atoms with Crippen molar-refractivity contribution < 1.29 is 4.74 Å². The molecule has 2 heterocycles. The maximum Gasteiger partial charge on any atom is 0.0589 e. The molecule has 1 fully saturated rings. The fourth-order valence-electron chi connectivity index (χ4n) is 2.25.